The Labute approximate surface area is 65.9 Å². The molecule has 0 saturated heterocycles. The number of hydrogen-bond donors (Lipinski definition) is 2. The van der Waals surface area contributed by atoms with Gasteiger partial charge in [-0.25, -0.2) is 0 Å². The first-order valence-corrected chi connectivity index (χ1v) is 3.67. The second-order valence-corrected chi connectivity index (χ2v) is 2.36. The van der Waals surface area contributed by atoms with Crippen molar-refractivity contribution in [1.82, 2.24) is 4.98 Å². The van der Waals surface area contributed by atoms with E-state index < -0.39 is 0 Å². The fourth-order valence-corrected chi connectivity index (χ4v) is 0.892. The Hall–Kier alpha value is -1.09. The van der Waals surface area contributed by atoms with Crippen molar-refractivity contribution < 1.29 is 5.11 Å². The van der Waals surface area contributed by atoms with Crippen LogP contribution < -0.4 is 5.73 Å². The van der Waals surface area contributed by atoms with Gasteiger partial charge in [-0.2, -0.15) is 0 Å². The third kappa shape index (κ3) is 2.20. The Morgan fingerprint density at radius 1 is 1.55 bits per heavy atom. The third-order valence-electron chi connectivity index (χ3n) is 1.48. The maximum Gasteiger partial charge on any atom is 0.137 e. The minimum absolute atomic E-state index is 0.265. The van der Waals surface area contributed by atoms with Crippen molar-refractivity contribution in [3.05, 3.63) is 24.0 Å². The van der Waals surface area contributed by atoms with E-state index >= 15 is 0 Å². The molecule has 1 aromatic heterocycles. The van der Waals surface area contributed by atoms with Gasteiger partial charge in [-0.15, -0.1) is 0 Å². The molecule has 0 atom stereocenters. The van der Waals surface area contributed by atoms with Crippen molar-refractivity contribution in [2.24, 2.45) is 5.73 Å². The summed E-state index contributed by atoms with van der Waals surface area (Å²) < 4.78 is 0. The maximum absolute atomic E-state index is 9.23. The number of pyridine rings is 1. The van der Waals surface area contributed by atoms with Gasteiger partial charge in [-0.05, 0) is 31.5 Å². The average molecular weight is 152 g/mol. The topological polar surface area (TPSA) is 59.1 Å². The summed E-state index contributed by atoms with van der Waals surface area (Å²) in [5, 5.41) is 9.23. The molecule has 0 fully saturated rings. The zero-order chi connectivity index (χ0) is 8.10. The normalized spacial score (nSPS) is 9.91. The van der Waals surface area contributed by atoms with Gasteiger partial charge < -0.3 is 10.8 Å². The molecule has 1 aromatic rings. The van der Waals surface area contributed by atoms with Gasteiger partial charge in [0, 0.05) is 6.20 Å². The molecule has 3 N–H and O–H groups in total. The molecular formula is C8H12N2O. The smallest absolute Gasteiger partial charge is 0.137 e. The van der Waals surface area contributed by atoms with Crippen LogP contribution in [0.15, 0.2) is 18.3 Å². The van der Waals surface area contributed by atoms with E-state index in [1.54, 1.807) is 18.3 Å². The molecule has 0 amide bonds. The monoisotopic (exact) mass is 152 g/mol. The van der Waals surface area contributed by atoms with Gasteiger partial charge >= 0.3 is 0 Å². The molecule has 0 aromatic carbocycles. The van der Waals surface area contributed by atoms with Crippen LogP contribution in [0.1, 0.15) is 12.1 Å². The summed E-state index contributed by atoms with van der Waals surface area (Å²) in [6, 6.07) is 3.35. The van der Waals surface area contributed by atoms with Crippen LogP contribution in [0.4, 0.5) is 0 Å². The summed E-state index contributed by atoms with van der Waals surface area (Å²) >= 11 is 0. The minimum atomic E-state index is 0.265. The van der Waals surface area contributed by atoms with Crippen LogP contribution in [0.25, 0.3) is 0 Å². The van der Waals surface area contributed by atoms with Crippen molar-refractivity contribution >= 4 is 0 Å². The van der Waals surface area contributed by atoms with Gasteiger partial charge in [0.1, 0.15) is 5.75 Å². The highest BCUT2D eigenvalue weighted by molar-refractivity contribution is 5.24. The molecule has 0 aliphatic heterocycles. The van der Waals surface area contributed by atoms with E-state index in [1.165, 1.54) is 0 Å². The fourth-order valence-electron chi connectivity index (χ4n) is 0.892. The molecule has 0 spiro atoms. The van der Waals surface area contributed by atoms with Gasteiger partial charge in [0.2, 0.25) is 0 Å². The number of nitrogens with two attached hydrogens (primary N) is 1. The van der Waals surface area contributed by atoms with E-state index in [-0.39, 0.29) is 5.75 Å². The molecule has 3 nitrogen and oxygen atoms in total. The van der Waals surface area contributed by atoms with E-state index in [0.29, 0.717) is 6.54 Å². The SMILES string of the molecule is NCCCc1ncccc1O. The Morgan fingerprint density at radius 3 is 3.00 bits per heavy atom. The molecule has 0 bridgehead atoms. The van der Waals surface area contributed by atoms with Crippen LogP contribution in [0.5, 0.6) is 5.75 Å². The van der Waals surface area contributed by atoms with Crippen molar-refractivity contribution in [1.29, 1.82) is 0 Å². The molecule has 0 unspecified atom stereocenters. The number of aryl methyl sites for hydroxylation is 1. The average Bonchev–Trinajstić information content (AvgIpc) is 2.03. The number of aromatic nitrogens is 1. The molecule has 1 rings (SSSR count). The van der Waals surface area contributed by atoms with Gasteiger partial charge in [0.05, 0.1) is 5.69 Å². The molecule has 1 heterocycles. The van der Waals surface area contributed by atoms with Gasteiger partial charge in [-0.3, -0.25) is 4.98 Å². The molecule has 0 aliphatic carbocycles. The zero-order valence-corrected chi connectivity index (χ0v) is 6.33. The van der Waals surface area contributed by atoms with E-state index in [9.17, 15) is 5.11 Å². The number of rotatable bonds is 3. The zero-order valence-electron chi connectivity index (χ0n) is 6.33. The third-order valence-corrected chi connectivity index (χ3v) is 1.48. The second kappa shape index (κ2) is 3.93. The first-order valence-electron chi connectivity index (χ1n) is 3.67. The van der Waals surface area contributed by atoms with Crippen LogP contribution in [-0.4, -0.2) is 16.6 Å². The second-order valence-electron chi connectivity index (χ2n) is 2.36. The lowest BCUT2D eigenvalue weighted by atomic mass is 10.2. The summed E-state index contributed by atoms with van der Waals surface area (Å²) in [6.45, 7) is 0.635. The highest BCUT2D eigenvalue weighted by atomic mass is 16.3. The van der Waals surface area contributed by atoms with Crippen LogP contribution >= 0.6 is 0 Å². The predicted octanol–water partition coefficient (Wildman–Crippen LogP) is 0.678. The fraction of sp³-hybridized carbons (Fsp3) is 0.375. The summed E-state index contributed by atoms with van der Waals surface area (Å²) in [4.78, 5) is 4.01. The molecule has 3 heteroatoms. The van der Waals surface area contributed by atoms with Crippen LogP contribution in [0.3, 0.4) is 0 Å². The molecule has 0 saturated carbocycles. The standard InChI is InChI=1S/C8H12N2O/c9-5-1-3-7-8(11)4-2-6-10-7/h2,4,6,11H,1,3,5,9H2. The predicted molar refractivity (Wildman–Crippen MR) is 43.3 cm³/mol. The van der Waals surface area contributed by atoms with Crippen molar-refractivity contribution in [3.63, 3.8) is 0 Å². The van der Waals surface area contributed by atoms with Gasteiger partial charge in [0.15, 0.2) is 0 Å². The Bertz CT molecular complexity index is 225. The van der Waals surface area contributed by atoms with Crippen molar-refractivity contribution in [2.45, 2.75) is 12.8 Å². The lowest BCUT2D eigenvalue weighted by Gasteiger charge is -2.00. The van der Waals surface area contributed by atoms with Crippen molar-refractivity contribution in [3.8, 4) is 5.75 Å². The van der Waals surface area contributed by atoms with Crippen LogP contribution in [0, 0.1) is 0 Å². The van der Waals surface area contributed by atoms with Crippen LogP contribution in [0.2, 0.25) is 0 Å². The molecule has 0 aliphatic rings. The highest BCUT2D eigenvalue weighted by Crippen LogP contribution is 2.13. The quantitative estimate of drug-likeness (QED) is 0.669. The highest BCUT2D eigenvalue weighted by Gasteiger charge is 1.98. The number of aromatic hydroxyl groups is 1. The molecular weight excluding hydrogens is 140 g/mol. The lowest BCUT2D eigenvalue weighted by Crippen LogP contribution is -2.01. The Kier molecular flexibility index (Phi) is 2.86. The van der Waals surface area contributed by atoms with E-state index in [4.69, 9.17) is 5.73 Å². The molecule has 0 radical (unpaired) electrons. The Balaban J connectivity index is 2.62. The van der Waals surface area contributed by atoms with E-state index in [1.807, 2.05) is 0 Å². The summed E-state index contributed by atoms with van der Waals surface area (Å²) in [5.41, 5.74) is 6.05. The first kappa shape index (κ1) is 8.01. The summed E-state index contributed by atoms with van der Waals surface area (Å²) in [6.07, 6.45) is 3.29. The summed E-state index contributed by atoms with van der Waals surface area (Å²) in [7, 11) is 0. The van der Waals surface area contributed by atoms with Crippen molar-refractivity contribution in [2.75, 3.05) is 6.54 Å². The number of nitrogens with zero attached hydrogens (tertiary/aromatic N) is 1. The van der Waals surface area contributed by atoms with Gasteiger partial charge in [-0.1, -0.05) is 0 Å². The Morgan fingerprint density at radius 2 is 2.36 bits per heavy atom. The minimum Gasteiger partial charge on any atom is -0.506 e. The van der Waals surface area contributed by atoms with E-state index in [2.05, 4.69) is 4.98 Å². The largest absolute Gasteiger partial charge is 0.506 e. The molecule has 11 heavy (non-hydrogen) atoms. The lowest BCUT2D eigenvalue weighted by molar-refractivity contribution is 0.463. The maximum atomic E-state index is 9.23. The van der Waals surface area contributed by atoms with Gasteiger partial charge in [0.25, 0.3) is 0 Å². The first-order chi connectivity index (χ1) is 5.34. The van der Waals surface area contributed by atoms with E-state index in [0.717, 1.165) is 18.5 Å². The summed E-state index contributed by atoms with van der Waals surface area (Å²) in [5.74, 6) is 0.265. The molecule has 60 valence electrons. The van der Waals surface area contributed by atoms with Crippen LogP contribution in [-0.2, 0) is 6.42 Å². The number of hydrogen-bond acceptors (Lipinski definition) is 3.